The number of para-hydroxylation sites is 1. The number of hydrogen-bond acceptors (Lipinski definition) is 9. The first kappa shape index (κ1) is 20.5. The molecule has 0 spiro atoms. The highest BCUT2D eigenvalue weighted by Crippen LogP contribution is 2.17. The molecule has 160 valence electrons. The fourth-order valence-corrected chi connectivity index (χ4v) is 2.94. The fourth-order valence-electron chi connectivity index (χ4n) is 2.94. The largest absolute Gasteiger partial charge is 0.507 e. The molecule has 1 fully saturated rings. The number of rotatable bonds is 7. The van der Waals surface area contributed by atoms with Crippen LogP contribution < -0.4 is 15.6 Å². The highest BCUT2D eigenvalue weighted by atomic mass is 19.1. The number of nitrogens with one attached hydrogen (secondary N) is 2. The van der Waals surface area contributed by atoms with Gasteiger partial charge in [-0.05, 0) is 29.8 Å². The Bertz CT molecular complexity index is 1040. The van der Waals surface area contributed by atoms with E-state index in [0.29, 0.717) is 50.3 Å². The molecule has 0 aliphatic carbocycles. The van der Waals surface area contributed by atoms with Crippen LogP contribution in [0.5, 0.6) is 5.75 Å². The molecule has 0 bridgehead atoms. The predicted molar refractivity (Wildman–Crippen MR) is 116 cm³/mol. The second-order valence-electron chi connectivity index (χ2n) is 6.79. The highest BCUT2D eigenvalue weighted by Gasteiger charge is 2.16. The zero-order chi connectivity index (χ0) is 21.5. The second-order valence-corrected chi connectivity index (χ2v) is 6.79. The molecule has 31 heavy (non-hydrogen) atoms. The van der Waals surface area contributed by atoms with Gasteiger partial charge >= 0.3 is 0 Å². The molecular formula is C21H22FN7O2. The van der Waals surface area contributed by atoms with Gasteiger partial charge in [-0.3, -0.25) is 0 Å². The molecule has 1 aromatic heterocycles. The summed E-state index contributed by atoms with van der Waals surface area (Å²) in [6, 6.07) is 13.1. The summed E-state index contributed by atoms with van der Waals surface area (Å²) >= 11 is 0. The molecule has 2 heterocycles. The van der Waals surface area contributed by atoms with Gasteiger partial charge in [0, 0.05) is 25.2 Å². The minimum Gasteiger partial charge on any atom is -0.507 e. The smallest absolute Gasteiger partial charge is 0.250 e. The number of aromatic nitrogens is 3. The highest BCUT2D eigenvalue weighted by molar-refractivity contribution is 5.83. The van der Waals surface area contributed by atoms with Crippen LogP contribution in [-0.2, 0) is 11.3 Å². The summed E-state index contributed by atoms with van der Waals surface area (Å²) in [5, 5.41) is 17.1. The topological polar surface area (TPSA) is 108 Å². The van der Waals surface area contributed by atoms with Crippen molar-refractivity contribution in [1.29, 1.82) is 0 Å². The van der Waals surface area contributed by atoms with Gasteiger partial charge in [-0.2, -0.15) is 20.1 Å². The van der Waals surface area contributed by atoms with Gasteiger partial charge in [-0.15, -0.1) is 0 Å². The van der Waals surface area contributed by atoms with E-state index in [1.165, 1.54) is 18.3 Å². The standard InChI is InChI=1S/C21H22FN7O2/c22-17-7-5-15(6-8-17)13-23-19-25-20(27-21(26-19)29-9-11-31-12-10-29)28-24-14-16-3-1-2-4-18(16)30/h1-8,14,30H,9-13H2,(H2,23,25,26,27,28)/b24-14+. The van der Waals surface area contributed by atoms with E-state index in [2.05, 4.69) is 30.8 Å². The molecule has 0 saturated carbocycles. The monoisotopic (exact) mass is 423 g/mol. The van der Waals surface area contributed by atoms with Crippen molar-refractivity contribution >= 4 is 24.1 Å². The molecule has 3 N–H and O–H groups in total. The van der Waals surface area contributed by atoms with Crippen molar-refractivity contribution in [3.8, 4) is 5.75 Å². The number of nitrogens with zero attached hydrogens (tertiary/aromatic N) is 5. The van der Waals surface area contributed by atoms with Gasteiger partial charge < -0.3 is 20.1 Å². The molecule has 9 nitrogen and oxygen atoms in total. The second kappa shape index (κ2) is 9.81. The maximum absolute atomic E-state index is 13.1. The summed E-state index contributed by atoms with van der Waals surface area (Å²) in [6.45, 7) is 2.95. The van der Waals surface area contributed by atoms with Crippen LogP contribution in [0.3, 0.4) is 0 Å². The SMILES string of the molecule is Oc1ccccc1/C=N/Nc1nc(NCc2ccc(F)cc2)nc(N2CCOCC2)n1. The number of hydrogen-bond donors (Lipinski definition) is 3. The van der Waals surface area contributed by atoms with E-state index < -0.39 is 0 Å². The first-order valence-corrected chi connectivity index (χ1v) is 9.81. The average Bonchev–Trinajstić information content (AvgIpc) is 2.80. The number of phenolic OH excluding ortho intramolecular Hbond substituents is 1. The molecule has 2 aromatic carbocycles. The summed E-state index contributed by atoms with van der Waals surface area (Å²) in [4.78, 5) is 15.3. The van der Waals surface area contributed by atoms with Gasteiger partial charge in [-0.1, -0.05) is 24.3 Å². The molecule has 1 saturated heterocycles. The van der Waals surface area contributed by atoms with Crippen LogP contribution in [0, 0.1) is 5.82 Å². The van der Waals surface area contributed by atoms with Gasteiger partial charge in [0.1, 0.15) is 11.6 Å². The summed E-state index contributed by atoms with van der Waals surface area (Å²) in [5.74, 6) is 0.956. The van der Waals surface area contributed by atoms with Gasteiger partial charge in [0.2, 0.25) is 17.8 Å². The zero-order valence-corrected chi connectivity index (χ0v) is 16.7. The Kier molecular flexibility index (Phi) is 6.48. The van der Waals surface area contributed by atoms with Crippen LogP contribution in [-0.4, -0.2) is 52.6 Å². The third kappa shape index (κ3) is 5.64. The molecule has 1 aliphatic rings. The number of hydrazone groups is 1. The molecule has 3 aromatic rings. The fraction of sp³-hybridized carbons (Fsp3) is 0.238. The molecule has 0 unspecified atom stereocenters. The Hall–Kier alpha value is -3.79. The van der Waals surface area contributed by atoms with Crippen molar-refractivity contribution in [2.24, 2.45) is 5.10 Å². The number of phenols is 1. The number of morpholine rings is 1. The van der Waals surface area contributed by atoms with Crippen LogP contribution in [0.1, 0.15) is 11.1 Å². The number of aromatic hydroxyl groups is 1. The van der Waals surface area contributed by atoms with Crippen molar-refractivity contribution in [2.75, 3.05) is 41.9 Å². The maximum Gasteiger partial charge on any atom is 0.250 e. The number of anilines is 3. The Morgan fingerprint density at radius 2 is 1.77 bits per heavy atom. The lowest BCUT2D eigenvalue weighted by atomic mass is 10.2. The van der Waals surface area contributed by atoms with Crippen molar-refractivity contribution in [1.82, 2.24) is 15.0 Å². The van der Waals surface area contributed by atoms with Gasteiger partial charge in [0.05, 0.1) is 19.4 Å². The lowest BCUT2D eigenvalue weighted by molar-refractivity contribution is 0.122. The number of halogens is 1. The maximum atomic E-state index is 13.1. The summed E-state index contributed by atoms with van der Waals surface area (Å²) in [6.07, 6.45) is 1.49. The third-order valence-electron chi connectivity index (χ3n) is 4.59. The van der Waals surface area contributed by atoms with E-state index in [4.69, 9.17) is 4.74 Å². The summed E-state index contributed by atoms with van der Waals surface area (Å²) in [5.41, 5.74) is 4.25. The van der Waals surface area contributed by atoms with Crippen LogP contribution in [0.25, 0.3) is 0 Å². The van der Waals surface area contributed by atoms with Crippen LogP contribution >= 0.6 is 0 Å². The zero-order valence-electron chi connectivity index (χ0n) is 16.7. The van der Waals surface area contributed by atoms with Crippen molar-refractivity contribution in [3.05, 3.63) is 65.5 Å². The molecule has 4 rings (SSSR count). The Morgan fingerprint density at radius 3 is 2.55 bits per heavy atom. The summed E-state index contributed by atoms with van der Waals surface area (Å²) in [7, 11) is 0. The third-order valence-corrected chi connectivity index (χ3v) is 4.59. The predicted octanol–water partition coefficient (Wildman–Crippen LogP) is 2.61. The van der Waals surface area contributed by atoms with Crippen LogP contribution in [0.2, 0.25) is 0 Å². The molecule has 10 heteroatoms. The molecular weight excluding hydrogens is 401 g/mol. The van der Waals surface area contributed by atoms with E-state index in [1.54, 1.807) is 36.4 Å². The van der Waals surface area contributed by atoms with Crippen molar-refractivity contribution in [3.63, 3.8) is 0 Å². The quantitative estimate of drug-likeness (QED) is 0.393. The molecule has 0 atom stereocenters. The first-order valence-electron chi connectivity index (χ1n) is 9.81. The van der Waals surface area contributed by atoms with Gasteiger partial charge in [0.25, 0.3) is 0 Å². The van der Waals surface area contributed by atoms with E-state index in [9.17, 15) is 9.50 Å². The number of benzene rings is 2. The van der Waals surface area contributed by atoms with Crippen LogP contribution in [0.4, 0.5) is 22.2 Å². The Morgan fingerprint density at radius 1 is 1.03 bits per heavy atom. The molecule has 0 amide bonds. The van der Waals surface area contributed by atoms with Crippen molar-refractivity contribution < 1.29 is 14.2 Å². The molecule has 1 aliphatic heterocycles. The lowest BCUT2D eigenvalue weighted by Gasteiger charge is -2.27. The van der Waals surface area contributed by atoms with E-state index in [-0.39, 0.29) is 17.5 Å². The minimum absolute atomic E-state index is 0.124. The lowest BCUT2D eigenvalue weighted by Crippen LogP contribution is -2.37. The number of ether oxygens (including phenoxy) is 1. The Labute approximate surface area is 178 Å². The first-order chi connectivity index (χ1) is 15.2. The Balaban J connectivity index is 1.52. The van der Waals surface area contributed by atoms with Gasteiger partial charge in [0.15, 0.2) is 0 Å². The van der Waals surface area contributed by atoms with E-state index >= 15 is 0 Å². The van der Waals surface area contributed by atoms with E-state index in [0.717, 1.165) is 5.56 Å². The van der Waals surface area contributed by atoms with Crippen molar-refractivity contribution in [2.45, 2.75) is 6.54 Å². The molecule has 0 radical (unpaired) electrons. The summed E-state index contributed by atoms with van der Waals surface area (Å²) < 4.78 is 18.5. The van der Waals surface area contributed by atoms with Gasteiger partial charge in [-0.25, -0.2) is 9.82 Å². The minimum atomic E-state index is -0.285. The normalized spacial score (nSPS) is 14.0. The average molecular weight is 423 g/mol. The van der Waals surface area contributed by atoms with E-state index in [1.807, 2.05) is 4.90 Å². The van der Waals surface area contributed by atoms with Crippen LogP contribution in [0.15, 0.2) is 53.6 Å².